The molecule has 0 unspecified atom stereocenters. The van der Waals surface area contributed by atoms with Crippen molar-refractivity contribution in [1.29, 1.82) is 0 Å². The lowest BCUT2D eigenvalue weighted by Crippen LogP contribution is -2.26. The number of hydrogen-bond acceptors (Lipinski definition) is 3. The quantitative estimate of drug-likeness (QED) is 0.298. The molecule has 1 fully saturated rings. The molecule has 3 aromatic carbocycles. The first kappa shape index (κ1) is 27.6. The first-order chi connectivity index (χ1) is 18.9. The highest BCUT2D eigenvalue weighted by molar-refractivity contribution is 6.36. The maximum absolute atomic E-state index is 16.3. The summed E-state index contributed by atoms with van der Waals surface area (Å²) >= 11 is 12.8. The van der Waals surface area contributed by atoms with Gasteiger partial charge in [0.25, 0.3) is 0 Å². The summed E-state index contributed by atoms with van der Waals surface area (Å²) in [6.45, 7) is 1.71. The van der Waals surface area contributed by atoms with E-state index in [0.717, 1.165) is 41.6 Å². The van der Waals surface area contributed by atoms with Crippen LogP contribution in [-0.4, -0.2) is 48.4 Å². The number of carboxylic acid groups (broad SMARTS) is 1. The van der Waals surface area contributed by atoms with Gasteiger partial charge in [-0.3, -0.25) is 9.29 Å². The van der Waals surface area contributed by atoms with E-state index in [4.69, 9.17) is 27.9 Å². The molecule has 1 aliphatic heterocycles. The molecule has 0 spiro atoms. The molecule has 1 aliphatic carbocycles. The summed E-state index contributed by atoms with van der Waals surface area (Å²) in [5.41, 5.74) is 4.47. The van der Waals surface area contributed by atoms with Crippen LogP contribution in [0.5, 0.6) is 5.75 Å². The molecule has 3 aromatic rings. The third-order valence-electron chi connectivity index (χ3n) is 7.42. The van der Waals surface area contributed by atoms with E-state index >= 15 is 4.39 Å². The van der Waals surface area contributed by atoms with Gasteiger partial charge in [0, 0.05) is 35.2 Å². The fourth-order valence-electron chi connectivity index (χ4n) is 5.59. The maximum Gasteiger partial charge on any atom is 0.335 e. The number of carboxylic acids is 1. The van der Waals surface area contributed by atoms with Crippen molar-refractivity contribution in [3.63, 3.8) is 0 Å². The van der Waals surface area contributed by atoms with E-state index in [2.05, 4.69) is 4.90 Å². The van der Waals surface area contributed by atoms with Crippen LogP contribution in [0.25, 0.3) is 11.1 Å². The first-order valence-electron chi connectivity index (χ1n) is 13.1. The summed E-state index contributed by atoms with van der Waals surface area (Å²) in [6.07, 6.45) is 3.03. The Morgan fingerprint density at radius 1 is 1.05 bits per heavy atom. The number of alkyl halides is 1. The molecular weight excluding hydrogens is 543 g/mol. The molecule has 4 nitrogen and oxygen atoms in total. The number of rotatable bonds is 8. The number of hydrogen-bond donors (Lipinski definition) is 1. The molecule has 1 atom stereocenters. The van der Waals surface area contributed by atoms with Gasteiger partial charge in [-0.2, -0.15) is 0 Å². The predicted octanol–water partition coefficient (Wildman–Crippen LogP) is 7.94. The Kier molecular flexibility index (Phi) is 8.55. The van der Waals surface area contributed by atoms with Gasteiger partial charge >= 0.3 is 5.97 Å². The van der Waals surface area contributed by atoms with E-state index in [0.29, 0.717) is 53.5 Å². The van der Waals surface area contributed by atoms with Gasteiger partial charge in [0.1, 0.15) is 6.10 Å². The van der Waals surface area contributed by atoms with Gasteiger partial charge < -0.3 is 9.84 Å². The molecule has 0 radical (unpaired) electrons. The average Bonchev–Trinajstić information content (AvgIpc) is 3.27. The van der Waals surface area contributed by atoms with Crippen LogP contribution >= 0.6 is 23.2 Å². The van der Waals surface area contributed by atoms with Crippen molar-refractivity contribution in [1.82, 2.24) is 4.90 Å². The Morgan fingerprint density at radius 3 is 2.64 bits per heavy atom. The van der Waals surface area contributed by atoms with E-state index in [1.54, 1.807) is 48.5 Å². The Labute approximate surface area is 236 Å². The third kappa shape index (κ3) is 5.98. The molecule has 0 saturated carbocycles. The van der Waals surface area contributed by atoms with Gasteiger partial charge in [0.2, 0.25) is 0 Å². The predicted molar refractivity (Wildman–Crippen MR) is 151 cm³/mol. The van der Waals surface area contributed by atoms with E-state index in [9.17, 15) is 14.3 Å². The van der Waals surface area contributed by atoms with Crippen molar-refractivity contribution in [3.05, 3.63) is 98.3 Å². The highest BCUT2D eigenvalue weighted by Gasteiger charge is 2.28. The molecule has 0 amide bonds. The SMILES string of the molecule is O=C(O)c1ccc2c(c1)CCCC(c1ccc(Cl)cc1Cl)=C2c1cccc(O[C@@H]2CCN(CCCF)C2)c1F. The fraction of sp³-hybridized carbons (Fsp3) is 0.323. The van der Waals surface area contributed by atoms with Crippen LogP contribution in [0.2, 0.25) is 10.0 Å². The van der Waals surface area contributed by atoms with Gasteiger partial charge in [-0.15, -0.1) is 0 Å². The van der Waals surface area contributed by atoms with Crippen LogP contribution in [0.4, 0.5) is 8.78 Å². The fourth-order valence-corrected chi connectivity index (χ4v) is 6.11. The van der Waals surface area contributed by atoms with Gasteiger partial charge in [-0.25, -0.2) is 9.18 Å². The third-order valence-corrected chi connectivity index (χ3v) is 7.96. The minimum absolute atomic E-state index is 0.159. The Hall–Kier alpha value is -2.93. The molecule has 1 saturated heterocycles. The summed E-state index contributed by atoms with van der Waals surface area (Å²) in [5.74, 6) is -1.33. The molecule has 5 rings (SSSR count). The Morgan fingerprint density at radius 2 is 1.87 bits per heavy atom. The number of benzene rings is 3. The van der Waals surface area contributed by atoms with Crippen molar-refractivity contribution >= 4 is 40.3 Å². The van der Waals surface area contributed by atoms with Crippen LogP contribution in [0, 0.1) is 5.82 Å². The van der Waals surface area contributed by atoms with Crippen molar-refractivity contribution < 1.29 is 23.4 Å². The second-order valence-corrected chi connectivity index (χ2v) is 10.8. The lowest BCUT2D eigenvalue weighted by Gasteiger charge is -2.21. The van der Waals surface area contributed by atoms with Gasteiger partial charge in [-0.1, -0.05) is 47.5 Å². The van der Waals surface area contributed by atoms with Gasteiger partial charge in [0.15, 0.2) is 11.6 Å². The zero-order valence-corrected chi connectivity index (χ0v) is 22.9. The van der Waals surface area contributed by atoms with Gasteiger partial charge in [-0.05, 0) is 90.3 Å². The lowest BCUT2D eigenvalue weighted by molar-refractivity contribution is 0.0696. The molecule has 1 N–H and O–H groups in total. The van der Waals surface area contributed by atoms with Crippen LogP contribution in [0.3, 0.4) is 0 Å². The summed E-state index contributed by atoms with van der Waals surface area (Å²) in [7, 11) is 0. The van der Waals surface area contributed by atoms with Crippen LogP contribution in [0.15, 0.2) is 54.6 Å². The minimum Gasteiger partial charge on any atom is -0.486 e. The zero-order valence-electron chi connectivity index (χ0n) is 21.4. The summed E-state index contributed by atoms with van der Waals surface area (Å²) in [4.78, 5) is 13.8. The second-order valence-electron chi connectivity index (χ2n) is 10.00. The Bertz CT molecular complexity index is 1420. The van der Waals surface area contributed by atoms with E-state index in [1.807, 2.05) is 6.07 Å². The van der Waals surface area contributed by atoms with Crippen molar-refractivity contribution in [2.45, 2.75) is 38.2 Å². The second kappa shape index (κ2) is 12.1. The van der Waals surface area contributed by atoms with Crippen LogP contribution < -0.4 is 4.74 Å². The molecule has 204 valence electrons. The molecule has 8 heteroatoms. The van der Waals surface area contributed by atoms with E-state index < -0.39 is 11.8 Å². The molecular formula is C31H29Cl2F2NO3. The largest absolute Gasteiger partial charge is 0.486 e. The number of nitrogens with zero attached hydrogens (tertiary/aromatic N) is 1. The number of aryl methyl sites for hydroxylation is 1. The van der Waals surface area contributed by atoms with Crippen LogP contribution in [0.1, 0.15) is 58.3 Å². The number of aromatic carboxylic acids is 1. The van der Waals surface area contributed by atoms with Crippen LogP contribution in [-0.2, 0) is 6.42 Å². The number of halogens is 4. The molecule has 1 heterocycles. The standard InChI is InChI=1S/C31H29Cl2F2NO3/c32-21-9-11-24(27(33)17-21)25-5-1-4-19-16-20(31(37)38)8-10-23(19)29(25)26-6-2-7-28(30(26)35)39-22-12-15-36(18-22)14-3-13-34/h2,6-11,16-17,22H,1,3-5,12-15,18H2,(H,37,38)/t22-/m1/s1. The van der Waals surface area contributed by atoms with Crippen molar-refractivity contribution in [3.8, 4) is 5.75 Å². The topological polar surface area (TPSA) is 49.8 Å². The van der Waals surface area contributed by atoms with E-state index in [-0.39, 0.29) is 24.1 Å². The molecule has 2 aliphatic rings. The zero-order chi connectivity index (χ0) is 27.5. The highest BCUT2D eigenvalue weighted by Crippen LogP contribution is 2.44. The lowest BCUT2D eigenvalue weighted by atomic mass is 9.87. The number of carbonyl (C=O) groups is 1. The van der Waals surface area contributed by atoms with Crippen molar-refractivity contribution in [2.75, 3.05) is 26.3 Å². The average molecular weight is 572 g/mol. The number of fused-ring (bicyclic) bond motifs is 1. The van der Waals surface area contributed by atoms with E-state index in [1.165, 1.54) is 0 Å². The first-order valence-corrected chi connectivity index (χ1v) is 13.9. The smallest absolute Gasteiger partial charge is 0.335 e. The monoisotopic (exact) mass is 571 g/mol. The summed E-state index contributed by atoms with van der Waals surface area (Å²) in [5, 5.41) is 10.5. The number of ether oxygens (including phenoxy) is 1. The molecule has 39 heavy (non-hydrogen) atoms. The molecule has 0 aromatic heterocycles. The van der Waals surface area contributed by atoms with Crippen molar-refractivity contribution in [2.24, 2.45) is 0 Å². The highest BCUT2D eigenvalue weighted by atomic mass is 35.5. The van der Waals surface area contributed by atoms with Gasteiger partial charge in [0.05, 0.1) is 12.2 Å². The normalized spacial score (nSPS) is 17.7. The Balaban J connectivity index is 1.61. The summed E-state index contributed by atoms with van der Waals surface area (Å²) in [6, 6.07) is 15.4. The maximum atomic E-state index is 16.3. The minimum atomic E-state index is -1.01. The number of likely N-dealkylation sites (tertiary alicyclic amines) is 1. The summed E-state index contributed by atoms with van der Waals surface area (Å²) < 4.78 is 35.1. The molecule has 0 bridgehead atoms. The number of allylic oxidation sites excluding steroid dienone is 1.